The minimum atomic E-state index is -4.13. The van der Waals surface area contributed by atoms with Crippen molar-refractivity contribution in [1.29, 1.82) is 0 Å². The fourth-order valence-corrected chi connectivity index (χ4v) is 6.42. The summed E-state index contributed by atoms with van der Waals surface area (Å²) in [6, 6.07) is 29.8. The first-order valence-corrected chi connectivity index (χ1v) is 15.3. The van der Waals surface area contributed by atoms with Gasteiger partial charge in [0.1, 0.15) is 12.6 Å². The van der Waals surface area contributed by atoms with E-state index in [4.69, 9.17) is 0 Å². The number of nitrogens with one attached hydrogen (secondary N) is 1. The molecule has 8 heteroatoms. The lowest BCUT2D eigenvalue weighted by Gasteiger charge is -2.34. The van der Waals surface area contributed by atoms with Gasteiger partial charge in [-0.3, -0.25) is 13.9 Å². The summed E-state index contributed by atoms with van der Waals surface area (Å²) in [5, 5.41) is 2.71. The summed E-state index contributed by atoms with van der Waals surface area (Å²) < 4.78 is 29.4. The van der Waals surface area contributed by atoms with Gasteiger partial charge in [-0.25, -0.2) is 8.42 Å². The number of anilines is 1. The summed E-state index contributed by atoms with van der Waals surface area (Å²) in [4.78, 5) is 29.4. The van der Waals surface area contributed by atoms with Crippen LogP contribution in [0.2, 0.25) is 0 Å². The van der Waals surface area contributed by atoms with Gasteiger partial charge in [0.2, 0.25) is 11.8 Å². The van der Waals surface area contributed by atoms with Gasteiger partial charge in [-0.2, -0.15) is 0 Å². The predicted molar refractivity (Wildman–Crippen MR) is 167 cm³/mol. The van der Waals surface area contributed by atoms with E-state index >= 15 is 0 Å². The number of rotatable bonds is 11. The lowest BCUT2D eigenvalue weighted by Crippen LogP contribution is -2.53. The molecule has 0 saturated heterocycles. The second-order valence-corrected chi connectivity index (χ2v) is 12.2. The molecular weight excluding hydrogens is 546 g/mol. The Bertz CT molecular complexity index is 1640. The third kappa shape index (κ3) is 6.89. The molecule has 0 saturated carbocycles. The molecule has 2 amide bonds. The number of amides is 2. The largest absolute Gasteiger partial charge is 0.357 e. The van der Waals surface area contributed by atoms with Crippen molar-refractivity contribution in [2.24, 2.45) is 0 Å². The molecule has 4 aromatic rings. The minimum absolute atomic E-state index is 0.0799. The maximum Gasteiger partial charge on any atom is 0.264 e. The van der Waals surface area contributed by atoms with E-state index in [2.05, 4.69) is 5.32 Å². The van der Waals surface area contributed by atoms with Crippen LogP contribution in [-0.4, -0.2) is 44.8 Å². The van der Waals surface area contributed by atoms with Crippen molar-refractivity contribution in [3.05, 3.63) is 131 Å². The van der Waals surface area contributed by atoms with Crippen LogP contribution in [0, 0.1) is 20.8 Å². The fourth-order valence-electron chi connectivity index (χ4n) is 4.93. The molecule has 0 heterocycles. The lowest BCUT2D eigenvalue weighted by atomic mass is 10.0. The summed E-state index contributed by atoms with van der Waals surface area (Å²) in [7, 11) is -2.59. The second-order valence-electron chi connectivity index (χ2n) is 10.3. The highest BCUT2D eigenvalue weighted by Crippen LogP contribution is 2.29. The van der Waals surface area contributed by atoms with Gasteiger partial charge >= 0.3 is 0 Å². The minimum Gasteiger partial charge on any atom is -0.357 e. The Morgan fingerprint density at radius 2 is 1.36 bits per heavy atom. The normalized spacial score (nSPS) is 11.9. The Labute approximate surface area is 248 Å². The zero-order valence-electron chi connectivity index (χ0n) is 24.4. The molecule has 42 heavy (non-hydrogen) atoms. The van der Waals surface area contributed by atoms with Gasteiger partial charge in [0.15, 0.2) is 0 Å². The number of hydrogen-bond donors (Lipinski definition) is 1. The molecule has 1 N–H and O–H groups in total. The number of carbonyl (C=O) groups excluding carboxylic acids is 2. The molecule has 4 aromatic carbocycles. The third-order valence-electron chi connectivity index (χ3n) is 7.57. The van der Waals surface area contributed by atoms with E-state index in [0.717, 1.165) is 27.8 Å². The average Bonchev–Trinajstić information content (AvgIpc) is 3.00. The molecule has 7 nitrogen and oxygen atoms in total. The first kappa shape index (κ1) is 30.5. The van der Waals surface area contributed by atoms with Gasteiger partial charge in [0.25, 0.3) is 10.0 Å². The van der Waals surface area contributed by atoms with Crippen molar-refractivity contribution in [3.63, 3.8) is 0 Å². The molecule has 0 aliphatic heterocycles. The molecule has 0 radical (unpaired) electrons. The Morgan fingerprint density at radius 1 is 0.762 bits per heavy atom. The predicted octanol–water partition coefficient (Wildman–Crippen LogP) is 5.19. The van der Waals surface area contributed by atoms with Crippen LogP contribution in [0.3, 0.4) is 0 Å². The highest BCUT2D eigenvalue weighted by molar-refractivity contribution is 7.92. The van der Waals surface area contributed by atoms with E-state index < -0.39 is 28.5 Å². The highest BCUT2D eigenvalue weighted by Gasteiger charge is 2.35. The van der Waals surface area contributed by atoms with Crippen LogP contribution >= 0.6 is 0 Å². The van der Waals surface area contributed by atoms with E-state index in [1.54, 1.807) is 37.4 Å². The Hall–Kier alpha value is -4.43. The topological polar surface area (TPSA) is 86.8 Å². The van der Waals surface area contributed by atoms with Crippen LogP contribution in [-0.2, 0) is 32.6 Å². The Balaban J connectivity index is 1.82. The number of benzene rings is 4. The summed E-state index contributed by atoms with van der Waals surface area (Å²) >= 11 is 0. The summed E-state index contributed by atoms with van der Waals surface area (Å²) in [5.41, 5.74) is 4.80. The van der Waals surface area contributed by atoms with Crippen LogP contribution in [0.25, 0.3) is 0 Å². The zero-order valence-corrected chi connectivity index (χ0v) is 25.3. The first-order valence-electron chi connectivity index (χ1n) is 13.9. The summed E-state index contributed by atoms with van der Waals surface area (Å²) in [6.45, 7) is 5.36. The number of nitrogens with zero attached hydrogens (tertiary/aromatic N) is 2. The molecule has 0 spiro atoms. The van der Waals surface area contributed by atoms with E-state index in [1.807, 2.05) is 81.4 Å². The lowest BCUT2D eigenvalue weighted by molar-refractivity contribution is -0.139. The van der Waals surface area contributed by atoms with Gasteiger partial charge < -0.3 is 10.2 Å². The van der Waals surface area contributed by atoms with Crippen molar-refractivity contribution < 1.29 is 18.0 Å². The number of aryl methyl sites for hydroxylation is 2. The molecule has 4 rings (SSSR count). The highest BCUT2D eigenvalue weighted by atomic mass is 32.2. The summed E-state index contributed by atoms with van der Waals surface area (Å²) in [6.07, 6.45) is 0.271. The van der Waals surface area contributed by atoms with Gasteiger partial charge in [0.05, 0.1) is 10.6 Å². The van der Waals surface area contributed by atoms with E-state index in [0.29, 0.717) is 5.69 Å². The number of carbonyl (C=O) groups is 2. The molecule has 0 unspecified atom stereocenters. The molecule has 1 atom stereocenters. The van der Waals surface area contributed by atoms with Crippen molar-refractivity contribution in [2.45, 2.75) is 44.7 Å². The quantitative estimate of drug-likeness (QED) is 0.263. The molecule has 0 bridgehead atoms. The number of hydrogen-bond acceptors (Lipinski definition) is 4. The number of sulfonamides is 1. The molecule has 0 fully saturated rings. The van der Waals surface area contributed by atoms with Gasteiger partial charge in [-0.1, -0.05) is 84.9 Å². The van der Waals surface area contributed by atoms with Crippen molar-refractivity contribution >= 4 is 27.5 Å². The summed E-state index contributed by atoms with van der Waals surface area (Å²) in [5.74, 6) is -0.812. The van der Waals surface area contributed by atoms with Crippen LogP contribution < -0.4 is 9.62 Å². The van der Waals surface area contributed by atoms with Gasteiger partial charge in [0, 0.05) is 20.0 Å². The average molecular weight is 584 g/mol. The fraction of sp³-hybridized carbons (Fsp3) is 0.235. The van der Waals surface area contributed by atoms with Gasteiger partial charge in [-0.05, 0) is 66.8 Å². The Morgan fingerprint density at radius 3 is 2.00 bits per heavy atom. The van der Waals surface area contributed by atoms with Crippen LogP contribution in [0.5, 0.6) is 0 Å². The van der Waals surface area contributed by atoms with Crippen molar-refractivity contribution in [1.82, 2.24) is 10.2 Å². The SMILES string of the molecule is CNC(=O)[C@H](Cc1ccccc1)N(Cc1ccccc1C)C(=O)CN(c1cccc(C)c1C)S(=O)(=O)c1ccccc1. The molecule has 218 valence electrons. The maximum atomic E-state index is 14.4. The van der Waals surface area contributed by atoms with Crippen molar-refractivity contribution in [2.75, 3.05) is 17.9 Å². The standard InChI is InChI=1S/C34H37N3O4S/c1-25-15-13-21-31(27(25)3)37(42(40,41)30-19-9-6-10-20-30)24-33(38)36(23-29-18-12-11-14-26(29)2)32(34(39)35-4)22-28-16-7-5-8-17-28/h5-21,32H,22-24H2,1-4H3,(H,35,39)/t32-/m0/s1. The Kier molecular flexibility index (Phi) is 9.80. The van der Waals surface area contributed by atoms with E-state index in [1.165, 1.54) is 21.3 Å². The van der Waals surface area contributed by atoms with Crippen molar-refractivity contribution in [3.8, 4) is 0 Å². The smallest absolute Gasteiger partial charge is 0.264 e. The first-order chi connectivity index (χ1) is 20.1. The molecule has 0 aliphatic carbocycles. The van der Waals surface area contributed by atoms with E-state index in [9.17, 15) is 18.0 Å². The molecular formula is C34H37N3O4S. The number of likely N-dealkylation sites (N-methyl/N-ethyl adjacent to an activating group) is 1. The molecule has 0 aromatic heterocycles. The third-order valence-corrected chi connectivity index (χ3v) is 9.35. The van der Waals surface area contributed by atoms with Gasteiger partial charge in [-0.15, -0.1) is 0 Å². The van der Waals surface area contributed by atoms with Crippen LogP contribution in [0.1, 0.15) is 27.8 Å². The molecule has 0 aliphatic rings. The second kappa shape index (κ2) is 13.5. The van der Waals surface area contributed by atoms with E-state index in [-0.39, 0.29) is 23.8 Å². The van der Waals surface area contributed by atoms with Crippen LogP contribution in [0.15, 0.2) is 108 Å². The monoisotopic (exact) mass is 583 g/mol. The van der Waals surface area contributed by atoms with Crippen LogP contribution in [0.4, 0.5) is 5.69 Å². The maximum absolute atomic E-state index is 14.4. The zero-order chi connectivity index (χ0) is 30.3.